The number of carbonyl (C=O) groups is 2. The lowest BCUT2D eigenvalue weighted by molar-refractivity contribution is -0.137. The number of nitrogens with one attached hydrogen (secondary N) is 3. The van der Waals surface area contributed by atoms with Crippen molar-refractivity contribution < 1.29 is 32.6 Å². The van der Waals surface area contributed by atoms with Gasteiger partial charge < -0.3 is 25.8 Å². The van der Waals surface area contributed by atoms with Crippen LogP contribution in [0.2, 0.25) is 5.02 Å². The second-order valence-electron chi connectivity index (χ2n) is 6.62. The van der Waals surface area contributed by atoms with Crippen LogP contribution in [0.4, 0.5) is 29.3 Å². The summed E-state index contributed by atoms with van der Waals surface area (Å²) in [5.74, 6) is -0.0837. The lowest BCUT2D eigenvalue weighted by atomic mass is 10.2. The molecule has 0 radical (unpaired) electrons. The molecule has 0 bridgehead atoms. The predicted octanol–water partition coefficient (Wildman–Crippen LogP) is 4.31. The summed E-state index contributed by atoms with van der Waals surface area (Å²) in [4.78, 5) is 31.8. The van der Waals surface area contributed by atoms with E-state index in [0.29, 0.717) is 11.4 Å². The molecule has 1 heterocycles. The summed E-state index contributed by atoms with van der Waals surface area (Å²) in [5.41, 5.74) is -0.769. The summed E-state index contributed by atoms with van der Waals surface area (Å²) in [6.45, 7) is -0.143. The molecule has 0 unspecified atom stereocenters. The molecule has 1 aromatic heterocycles. The zero-order chi connectivity index (χ0) is 24.7. The Balaban J connectivity index is 1.60. The Morgan fingerprint density at radius 3 is 2.35 bits per heavy atom. The molecule has 3 amide bonds. The summed E-state index contributed by atoms with van der Waals surface area (Å²) in [7, 11) is 0. The Labute approximate surface area is 195 Å². The summed E-state index contributed by atoms with van der Waals surface area (Å²) < 4.78 is 44.4. The predicted molar refractivity (Wildman–Crippen MR) is 117 cm³/mol. The highest BCUT2D eigenvalue weighted by Crippen LogP contribution is 2.36. The molecule has 3 rings (SSSR count). The van der Waals surface area contributed by atoms with Crippen LogP contribution in [-0.4, -0.2) is 40.2 Å². The third kappa shape index (κ3) is 6.80. The first-order valence-electron chi connectivity index (χ1n) is 9.59. The van der Waals surface area contributed by atoms with Crippen molar-refractivity contribution in [2.45, 2.75) is 6.18 Å². The van der Waals surface area contributed by atoms with Crippen LogP contribution < -0.4 is 20.7 Å². The zero-order valence-corrected chi connectivity index (χ0v) is 17.9. The van der Waals surface area contributed by atoms with E-state index < -0.39 is 28.7 Å². The quantitative estimate of drug-likeness (QED) is 0.387. The Morgan fingerprint density at radius 1 is 1.00 bits per heavy atom. The van der Waals surface area contributed by atoms with E-state index in [-0.39, 0.29) is 30.4 Å². The molecular formula is C21H17ClF3N5O4. The number of aliphatic hydroxyl groups is 1. The fraction of sp³-hybridized carbons (Fsp3) is 0.143. The van der Waals surface area contributed by atoms with Crippen LogP contribution in [0.25, 0.3) is 0 Å². The monoisotopic (exact) mass is 495 g/mol. The lowest BCUT2D eigenvalue weighted by Gasteiger charge is -2.12. The Kier molecular flexibility index (Phi) is 7.87. The minimum Gasteiger partial charge on any atom is -0.439 e. The highest BCUT2D eigenvalue weighted by molar-refractivity contribution is 6.31. The van der Waals surface area contributed by atoms with Gasteiger partial charge in [-0.1, -0.05) is 11.6 Å². The van der Waals surface area contributed by atoms with Gasteiger partial charge >= 0.3 is 12.2 Å². The van der Waals surface area contributed by atoms with Gasteiger partial charge in [0.15, 0.2) is 0 Å². The second kappa shape index (κ2) is 10.8. The zero-order valence-electron chi connectivity index (χ0n) is 17.2. The van der Waals surface area contributed by atoms with Crippen molar-refractivity contribution in [3.63, 3.8) is 0 Å². The van der Waals surface area contributed by atoms with E-state index in [0.717, 1.165) is 18.5 Å². The van der Waals surface area contributed by atoms with Crippen LogP contribution >= 0.6 is 11.6 Å². The van der Waals surface area contributed by atoms with E-state index in [2.05, 4.69) is 25.9 Å². The van der Waals surface area contributed by atoms with Crippen molar-refractivity contribution in [1.29, 1.82) is 0 Å². The Morgan fingerprint density at radius 2 is 1.68 bits per heavy atom. The molecule has 2 aromatic carbocycles. The average Bonchev–Trinajstić information content (AvgIpc) is 2.79. The summed E-state index contributed by atoms with van der Waals surface area (Å²) in [5, 5.41) is 15.5. The molecule has 13 heteroatoms. The fourth-order valence-corrected chi connectivity index (χ4v) is 2.84. The maximum Gasteiger partial charge on any atom is 0.417 e. The molecule has 34 heavy (non-hydrogen) atoms. The number of urea groups is 1. The first kappa shape index (κ1) is 24.7. The maximum atomic E-state index is 13.0. The number of aliphatic hydroxyl groups excluding tert-OH is 1. The third-order valence-electron chi connectivity index (χ3n) is 4.14. The first-order valence-corrected chi connectivity index (χ1v) is 9.97. The van der Waals surface area contributed by atoms with E-state index in [1.807, 2.05) is 0 Å². The SMILES string of the molecule is O=C(Nc1ccc(Oc2cc(C(=O)NCCO)ncn2)cc1)Nc1ccc(Cl)c(C(F)(F)F)c1. The van der Waals surface area contributed by atoms with E-state index in [9.17, 15) is 22.8 Å². The molecular weight excluding hydrogens is 479 g/mol. The number of hydrogen-bond donors (Lipinski definition) is 4. The van der Waals surface area contributed by atoms with Gasteiger partial charge in [-0.25, -0.2) is 14.8 Å². The largest absolute Gasteiger partial charge is 0.439 e. The van der Waals surface area contributed by atoms with Crippen molar-refractivity contribution >= 4 is 34.9 Å². The van der Waals surface area contributed by atoms with Gasteiger partial charge in [-0.05, 0) is 42.5 Å². The normalized spacial score (nSPS) is 11.0. The molecule has 0 saturated carbocycles. The number of aromatic nitrogens is 2. The highest BCUT2D eigenvalue weighted by atomic mass is 35.5. The van der Waals surface area contributed by atoms with Crippen LogP contribution in [0.1, 0.15) is 16.1 Å². The number of halogens is 4. The van der Waals surface area contributed by atoms with Gasteiger partial charge in [-0.15, -0.1) is 0 Å². The van der Waals surface area contributed by atoms with E-state index in [1.165, 1.54) is 36.4 Å². The summed E-state index contributed by atoms with van der Waals surface area (Å²) in [6.07, 6.45) is -3.51. The van der Waals surface area contributed by atoms with Crippen LogP contribution in [0.5, 0.6) is 11.6 Å². The molecule has 0 aliphatic carbocycles. The van der Waals surface area contributed by atoms with Crippen LogP contribution in [0.15, 0.2) is 54.9 Å². The number of benzene rings is 2. The van der Waals surface area contributed by atoms with Gasteiger partial charge in [0.1, 0.15) is 17.8 Å². The van der Waals surface area contributed by atoms with Gasteiger partial charge in [0, 0.05) is 24.0 Å². The van der Waals surface area contributed by atoms with Crippen molar-refractivity contribution in [1.82, 2.24) is 15.3 Å². The molecule has 0 aliphatic heterocycles. The highest BCUT2D eigenvalue weighted by Gasteiger charge is 2.33. The van der Waals surface area contributed by atoms with E-state index >= 15 is 0 Å². The molecule has 9 nitrogen and oxygen atoms in total. The van der Waals surface area contributed by atoms with Crippen LogP contribution in [0, 0.1) is 0 Å². The van der Waals surface area contributed by atoms with Gasteiger partial charge in [0.2, 0.25) is 5.88 Å². The van der Waals surface area contributed by atoms with Crippen LogP contribution in [0.3, 0.4) is 0 Å². The standard InChI is InChI=1S/C21H17ClF3N5O4/c22-16-6-3-13(9-15(16)21(23,24)25)30-20(33)29-12-1-4-14(5-2-12)34-18-10-17(27-11-28-18)19(32)26-7-8-31/h1-6,9-11,31H,7-8H2,(H,26,32)(H2,29,30,33). The van der Waals surface area contributed by atoms with Crippen molar-refractivity contribution in [2.24, 2.45) is 0 Å². The minimum absolute atomic E-state index is 0.0456. The van der Waals surface area contributed by atoms with Crippen LogP contribution in [-0.2, 0) is 6.18 Å². The van der Waals surface area contributed by atoms with E-state index in [4.69, 9.17) is 21.4 Å². The average molecular weight is 496 g/mol. The smallest absolute Gasteiger partial charge is 0.417 e. The number of nitrogens with zero attached hydrogens (tertiary/aromatic N) is 2. The number of ether oxygens (including phenoxy) is 1. The maximum absolute atomic E-state index is 13.0. The second-order valence-corrected chi connectivity index (χ2v) is 7.03. The van der Waals surface area contributed by atoms with Crippen molar-refractivity contribution in [2.75, 3.05) is 23.8 Å². The molecule has 0 atom stereocenters. The Bertz CT molecular complexity index is 1180. The third-order valence-corrected chi connectivity index (χ3v) is 4.47. The number of amides is 3. The van der Waals surface area contributed by atoms with Gasteiger partial charge in [-0.2, -0.15) is 13.2 Å². The van der Waals surface area contributed by atoms with Gasteiger partial charge in [0.25, 0.3) is 5.91 Å². The van der Waals surface area contributed by atoms with Crippen molar-refractivity contribution in [3.05, 3.63) is 71.1 Å². The molecule has 0 spiro atoms. The first-order chi connectivity index (χ1) is 16.2. The number of carbonyl (C=O) groups excluding carboxylic acids is 2. The molecule has 0 aliphatic rings. The topological polar surface area (TPSA) is 125 Å². The Hall–Kier alpha value is -3.90. The molecule has 4 N–H and O–H groups in total. The molecule has 0 fully saturated rings. The number of alkyl halides is 3. The molecule has 178 valence electrons. The number of anilines is 2. The summed E-state index contributed by atoms with van der Waals surface area (Å²) >= 11 is 5.57. The molecule has 3 aromatic rings. The number of hydrogen-bond acceptors (Lipinski definition) is 6. The van der Waals surface area contributed by atoms with Gasteiger partial charge in [-0.3, -0.25) is 4.79 Å². The summed E-state index contributed by atoms with van der Waals surface area (Å²) in [6, 6.07) is 9.57. The van der Waals surface area contributed by atoms with E-state index in [1.54, 1.807) is 0 Å². The van der Waals surface area contributed by atoms with Crippen molar-refractivity contribution in [3.8, 4) is 11.6 Å². The molecule has 0 saturated heterocycles. The lowest BCUT2D eigenvalue weighted by Crippen LogP contribution is -2.27. The fourth-order valence-electron chi connectivity index (χ4n) is 2.62. The van der Waals surface area contributed by atoms with Gasteiger partial charge in [0.05, 0.1) is 17.2 Å². The minimum atomic E-state index is -4.66. The number of rotatable bonds is 7.